The fraction of sp³-hybridized carbons (Fsp3) is 0.353. The Bertz CT molecular complexity index is 622. The number of rotatable bonds is 10. The van der Waals surface area contributed by atoms with E-state index in [1.807, 2.05) is 6.92 Å². The average molecular weight is 364 g/mol. The Morgan fingerprint density at radius 1 is 1.36 bits per heavy atom. The molecule has 0 bridgehead atoms. The Labute approximate surface area is 152 Å². The summed E-state index contributed by atoms with van der Waals surface area (Å²) in [5.74, 6) is -1.62. The molecule has 0 aliphatic carbocycles. The summed E-state index contributed by atoms with van der Waals surface area (Å²) >= 11 is 5.13. The van der Waals surface area contributed by atoms with E-state index < -0.39 is 12.0 Å². The molecule has 0 aliphatic heterocycles. The Balaban J connectivity index is 2.61. The van der Waals surface area contributed by atoms with Gasteiger partial charge in [0.1, 0.15) is 6.04 Å². The van der Waals surface area contributed by atoms with Crippen LogP contribution >= 0.6 is 12.2 Å². The van der Waals surface area contributed by atoms with Crippen LogP contribution in [0, 0.1) is 0 Å². The molecule has 1 rings (SSSR count). The minimum atomic E-state index is -1.24. The molecule has 0 aromatic heterocycles. The fourth-order valence-corrected chi connectivity index (χ4v) is 2.26. The lowest BCUT2D eigenvalue weighted by molar-refractivity contribution is -0.682. The van der Waals surface area contributed by atoms with E-state index in [9.17, 15) is 14.7 Å². The van der Waals surface area contributed by atoms with E-state index in [4.69, 9.17) is 12.2 Å². The third-order valence-corrected chi connectivity index (χ3v) is 3.51. The number of aliphatic carboxylic acids is 1. The van der Waals surface area contributed by atoms with Crippen molar-refractivity contribution in [3.63, 3.8) is 0 Å². The van der Waals surface area contributed by atoms with Crippen LogP contribution in [0.2, 0.25) is 0 Å². The number of carbonyl (C=O) groups excluding carboxylic acids is 2. The number of nitrogens with one attached hydrogen (secondary N) is 3. The van der Waals surface area contributed by atoms with Crippen LogP contribution in [0.25, 0.3) is 0 Å². The van der Waals surface area contributed by atoms with Gasteiger partial charge in [0.25, 0.3) is 0 Å². The number of anilines is 2. The van der Waals surface area contributed by atoms with E-state index in [2.05, 4.69) is 22.5 Å². The summed E-state index contributed by atoms with van der Waals surface area (Å²) in [7, 11) is 0. The molecule has 0 fully saturated rings. The second-order valence-corrected chi connectivity index (χ2v) is 5.81. The van der Waals surface area contributed by atoms with Crippen molar-refractivity contribution in [1.82, 2.24) is 5.32 Å². The van der Waals surface area contributed by atoms with Crippen LogP contribution in [0.1, 0.15) is 19.8 Å². The van der Waals surface area contributed by atoms with Gasteiger partial charge in [0.15, 0.2) is 5.11 Å². The summed E-state index contributed by atoms with van der Waals surface area (Å²) in [6.07, 6.45) is 2.35. The topological polar surface area (TPSA) is 110 Å². The smallest absolute Gasteiger partial charge is 0.230 e. The summed E-state index contributed by atoms with van der Waals surface area (Å²) in [6.45, 7) is 6.70. The lowest BCUT2D eigenvalue weighted by Gasteiger charge is -2.16. The van der Waals surface area contributed by atoms with Gasteiger partial charge in [0.2, 0.25) is 5.91 Å². The molecule has 0 saturated carbocycles. The zero-order valence-electron chi connectivity index (χ0n) is 14.2. The standard InChI is InChI=1S/C17H24N4O3S/c1-3-8-18-14(16(23)24)11-15(22)20-12-6-5-7-13(10-12)21-17(25)19-9-4-2/h4-7,10,14,18H,2-3,8-9,11H2,1H3,(H,20,22)(H,23,24)(H2,19,21,25)/t14-/m0/s1. The van der Waals surface area contributed by atoms with Crippen molar-refractivity contribution >= 4 is 40.6 Å². The van der Waals surface area contributed by atoms with Crippen LogP contribution in [0.4, 0.5) is 11.4 Å². The van der Waals surface area contributed by atoms with Crippen LogP contribution in [0.15, 0.2) is 36.9 Å². The quantitative estimate of drug-likeness (QED) is 0.332. The minimum Gasteiger partial charge on any atom is -0.544 e. The molecule has 0 heterocycles. The Morgan fingerprint density at radius 2 is 2.04 bits per heavy atom. The molecule has 5 N–H and O–H groups in total. The highest BCUT2D eigenvalue weighted by Crippen LogP contribution is 2.15. The maximum Gasteiger partial charge on any atom is 0.230 e. The highest BCUT2D eigenvalue weighted by Gasteiger charge is 2.17. The van der Waals surface area contributed by atoms with Crippen molar-refractivity contribution in [2.45, 2.75) is 25.8 Å². The molecule has 1 amide bonds. The monoisotopic (exact) mass is 364 g/mol. The summed E-state index contributed by atoms with van der Waals surface area (Å²) < 4.78 is 0. The van der Waals surface area contributed by atoms with Crippen molar-refractivity contribution in [2.24, 2.45) is 0 Å². The molecule has 0 aliphatic rings. The molecular weight excluding hydrogens is 340 g/mol. The third-order valence-electron chi connectivity index (χ3n) is 3.26. The predicted molar refractivity (Wildman–Crippen MR) is 100.0 cm³/mol. The highest BCUT2D eigenvalue weighted by molar-refractivity contribution is 7.80. The number of quaternary nitrogens is 1. The van der Waals surface area contributed by atoms with Gasteiger partial charge in [-0.3, -0.25) is 4.79 Å². The van der Waals surface area contributed by atoms with E-state index in [1.54, 1.807) is 35.7 Å². The van der Waals surface area contributed by atoms with E-state index in [-0.39, 0.29) is 12.3 Å². The molecule has 136 valence electrons. The highest BCUT2D eigenvalue weighted by atomic mass is 32.1. The minimum absolute atomic E-state index is 0.153. The molecule has 7 nitrogen and oxygen atoms in total. The zero-order chi connectivity index (χ0) is 18.7. The second kappa shape index (κ2) is 11.2. The molecule has 8 heteroatoms. The van der Waals surface area contributed by atoms with E-state index in [0.29, 0.717) is 29.6 Å². The molecule has 1 atom stereocenters. The van der Waals surface area contributed by atoms with Crippen molar-refractivity contribution in [2.75, 3.05) is 23.7 Å². The molecule has 1 aromatic carbocycles. The Hall–Kier alpha value is -2.45. The van der Waals surface area contributed by atoms with Crippen LogP contribution < -0.4 is 26.4 Å². The van der Waals surface area contributed by atoms with E-state index in [1.165, 1.54) is 0 Å². The number of carbonyl (C=O) groups is 2. The van der Waals surface area contributed by atoms with Crippen molar-refractivity contribution < 1.29 is 20.0 Å². The average Bonchev–Trinajstić information content (AvgIpc) is 2.56. The Kier molecular flexibility index (Phi) is 9.20. The number of thiocarbonyl (C=S) groups is 1. The number of carboxylic acid groups (broad SMARTS) is 1. The number of hydrogen-bond donors (Lipinski definition) is 4. The molecule has 25 heavy (non-hydrogen) atoms. The van der Waals surface area contributed by atoms with Gasteiger partial charge < -0.3 is 31.2 Å². The first kappa shape index (κ1) is 20.6. The molecule has 0 radical (unpaired) electrons. The van der Waals surface area contributed by atoms with Gasteiger partial charge >= 0.3 is 0 Å². The van der Waals surface area contributed by atoms with Crippen molar-refractivity contribution in [3.05, 3.63) is 36.9 Å². The second-order valence-electron chi connectivity index (χ2n) is 5.41. The first-order valence-electron chi connectivity index (χ1n) is 8.06. The van der Waals surface area contributed by atoms with Crippen LogP contribution in [-0.4, -0.2) is 36.1 Å². The van der Waals surface area contributed by atoms with E-state index in [0.717, 1.165) is 6.42 Å². The molecule has 0 spiro atoms. The summed E-state index contributed by atoms with van der Waals surface area (Å²) in [5, 5.41) is 21.8. The number of hydrogen-bond acceptors (Lipinski definition) is 4. The summed E-state index contributed by atoms with van der Waals surface area (Å²) in [5.41, 5.74) is 1.25. The summed E-state index contributed by atoms with van der Waals surface area (Å²) in [6, 6.07) is 6.10. The van der Waals surface area contributed by atoms with Gasteiger partial charge in [-0.15, -0.1) is 6.58 Å². The van der Waals surface area contributed by atoms with Crippen molar-refractivity contribution in [1.29, 1.82) is 0 Å². The first-order valence-corrected chi connectivity index (χ1v) is 8.47. The number of benzene rings is 1. The fourth-order valence-electron chi connectivity index (χ4n) is 2.06. The van der Waals surface area contributed by atoms with Gasteiger partial charge in [-0.1, -0.05) is 19.1 Å². The predicted octanol–water partition coefficient (Wildman–Crippen LogP) is -0.420. The van der Waals surface area contributed by atoms with Crippen LogP contribution in [-0.2, 0) is 9.59 Å². The molecule has 0 unspecified atom stereocenters. The normalized spacial score (nSPS) is 11.2. The van der Waals surface area contributed by atoms with Crippen LogP contribution in [0.3, 0.4) is 0 Å². The number of nitrogens with two attached hydrogens (primary N) is 1. The summed E-state index contributed by atoms with van der Waals surface area (Å²) in [4.78, 5) is 23.2. The largest absolute Gasteiger partial charge is 0.544 e. The lowest BCUT2D eigenvalue weighted by Crippen LogP contribution is -2.93. The maximum atomic E-state index is 12.1. The maximum absolute atomic E-state index is 12.1. The first-order chi connectivity index (χ1) is 12.0. The zero-order valence-corrected chi connectivity index (χ0v) is 15.0. The van der Waals surface area contributed by atoms with Gasteiger partial charge in [-0.05, 0) is 36.8 Å². The van der Waals surface area contributed by atoms with E-state index >= 15 is 0 Å². The molecular formula is C17H24N4O3S. The van der Waals surface area contributed by atoms with Gasteiger partial charge in [0.05, 0.1) is 18.9 Å². The third kappa shape index (κ3) is 8.27. The molecule has 1 aromatic rings. The lowest BCUT2D eigenvalue weighted by atomic mass is 10.2. The number of carboxylic acids is 1. The Morgan fingerprint density at radius 3 is 2.64 bits per heavy atom. The SMILES string of the molecule is C=CCNC(=S)Nc1cccc(NC(=O)C[C@H]([NH2+]CCC)C(=O)[O-])c1. The van der Waals surface area contributed by atoms with Crippen molar-refractivity contribution in [3.8, 4) is 0 Å². The van der Waals surface area contributed by atoms with Gasteiger partial charge in [-0.25, -0.2) is 0 Å². The number of amides is 1. The van der Waals surface area contributed by atoms with Gasteiger partial charge in [-0.2, -0.15) is 0 Å². The van der Waals surface area contributed by atoms with Crippen LogP contribution in [0.5, 0.6) is 0 Å². The van der Waals surface area contributed by atoms with Gasteiger partial charge in [0, 0.05) is 17.9 Å². The molecule has 0 saturated heterocycles.